The Morgan fingerprint density at radius 3 is 2.94 bits per heavy atom. The molecule has 2 aromatic heterocycles. The van der Waals surface area contributed by atoms with Crippen LogP contribution in [0.15, 0.2) is 30.7 Å². The molecule has 3 heterocycles. The molecule has 1 N–H and O–H groups in total. The van der Waals surface area contributed by atoms with Crippen LogP contribution in [0.2, 0.25) is 0 Å². The second-order valence-corrected chi connectivity index (χ2v) is 3.63. The molecule has 0 saturated carbocycles. The molecule has 0 aromatic carbocycles. The maximum atomic E-state index is 11.6. The van der Waals surface area contributed by atoms with E-state index in [-0.39, 0.29) is 5.91 Å². The van der Waals surface area contributed by atoms with Crippen LogP contribution in [0.3, 0.4) is 0 Å². The van der Waals surface area contributed by atoms with Gasteiger partial charge < -0.3 is 5.32 Å². The molecular weight excluding hydrogens is 204 g/mol. The predicted octanol–water partition coefficient (Wildman–Crippen LogP) is 0.553. The molecule has 5 heteroatoms. The molecule has 0 bridgehead atoms. The number of aromatic nitrogens is 3. The number of nitrogens with one attached hydrogen (secondary N) is 1. The lowest BCUT2D eigenvalue weighted by molar-refractivity contribution is 0.0945. The molecule has 2 aromatic rings. The molecule has 1 amide bonds. The number of fused-ring (bicyclic) bond motifs is 1. The third kappa shape index (κ3) is 1.29. The molecule has 16 heavy (non-hydrogen) atoms. The van der Waals surface area contributed by atoms with Crippen LogP contribution in [-0.4, -0.2) is 27.2 Å². The maximum absolute atomic E-state index is 11.6. The van der Waals surface area contributed by atoms with Crippen molar-refractivity contribution in [2.45, 2.75) is 6.42 Å². The number of carbonyl (C=O) groups is 1. The highest BCUT2D eigenvalue weighted by Crippen LogP contribution is 2.17. The Kier molecular flexibility index (Phi) is 1.96. The number of amides is 1. The Balaban J connectivity index is 2.13. The Hall–Kier alpha value is -2.17. The van der Waals surface area contributed by atoms with E-state index in [1.54, 1.807) is 23.3 Å². The van der Waals surface area contributed by atoms with Gasteiger partial charge in [0.1, 0.15) is 0 Å². The topological polar surface area (TPSA) is 59.8 Å². The first-order valence-corrected chi connectivity index (χ1v) is 5.12. The smallest absolute Gasteiger partial charge is 0.254 e. The molecule has 0 atom stereocenters. The Labute approximate surface area is 92.1 Å². The third-order valence-electron chi connectivity index (χ3n) is 2.67. The molecule has 0 aliphatic carbocycles. The van der Waals surface area contributed by atoms with Gasteiger partial charge in [-0.05, 0) is 12.1 Å². The number of hydrogen-bond donors (Lipinski definition) is 1. The van der Waals surface area contributed by atoms with Crippen LogP contribution in [0.1, 0.15) is 16.1 Å². The van der Waals surface area contributed by atoms with Crippen molar-refractivity contribution in [2.75, 3.05) is 6.54 Å². The van der Waals surface area contributed by atoms with Gasteiger partial charge in [-0.25, -0.2) is 4.68 Å². The second kappa shape index (κ2) is 3.44. The standard InChI is InChI=1S/C11H10N4O/c16-11-9-7-14-15(10(9)3-6-13-11)8-1-4-12-5-2-8/h1-2,4-5,7H,3,6H2,(H,13,16). The van der Waals surface area contributed by atoms with Gasteiger partial charge in [0.05, 0.1) is 23.1 Å². The SMILES string of the molecule is O=C1NCCc2c1cnn2-c1ccncc1. The van der Waals surface area contributed by atoms with E-state index in [1.807, 2.05) is 12.1 Å². The van der Waals surface area contributed by atoms with E-state index in [9.17, 15) is 4.79 Å². The van der Waals surface area contributed by atoms with Gasteiger partial charge in [0, 0.05) is 25.4 Å². The maximum Gasteiger partial charge on any atom is 0.254 e. The third-order valence-corrected chi connectivity index (χ3v) is 2.67. The summed E-state index contributed by atoms with van der Waals surface area (Å²) in [5.41, 5.74) is 2.57. The van der Waals surface area contributed by atoms with Crippen LogP contribution >= 0.6 is 0 Å². The fraction of sp³-hybridized carbons (Fsp3) is 0.182. The van der Waals surface area contributed by atoms with Gasteiger partial charge >= 0.3 is 0 Å². The minimum atomic E-state index is -0.0402. The molecule has 0 fully saturated rings. The first kappa shape index (κ1) is 9.08. The molecule has 1 aliphatic heterocycles. The van der Waals surface area contributed by atoms with Crippen LogP contribution in [0, 0.1) is 0 Å². The number of nitrogens with zero attached hydrogens (tertiary/aromatic N) is 3. The Morgan fingerprint density at radius 2 is 2.12 bits per heavy atom. The molecule has 1 aliphatic rings. The van der Waals surface area contributed by atoms with E-state index in [0.29, 0.717) is 12.1 Å². The predicted molar refractivity (Wildman–Crippen MR) is 57.4 cm³/mol. The molecular formula is C11H10N4O. The van der Waals surface area contributed by atoms with Gasteiger partial charge in [0.25, 0.3) is 5.91 Å². The van der Waals surface area contributed by atoms with E-state index in [2.05, 4.69) is 15.4 Å². The van der Waals surface area contributed by atoms with Gasteiger partial charge in [-0.15, -0.1) is 0 Å². The van der Waals surface area contributed by atoms with E-state index < -0.39 is 0 Å². The molecule has 0 saturated heterocycles. The zero-order valence-corrected chi connectivity index (χ0v) is 8.55. The molecule has 0 radical (unpaired) electrons. The summed E-state index contributed by atoms with van der Waals surface area (Å²) in [5.74, 6) is -0.0402. The summed E-state index contributed by atoms with van der Waals surface area (Å²) in [6.45, 7) is 0.669. The van der Waals surface area contributed by atoms with Gasteiger partial charge in [-0.3, -0.25) is 9.78 Å². The molecule has 0 unspecified atom stereocenters. The van der Waals surface area contributed by atoms with Crippen LogP contribution in [0.25, 0.3) is 5.69 Å². The van der Waals surface area contributed by atoms with Crippen LogP contribution < -0.4 is 5.32 Å². The summed E-state index contributed by atoms with van der Waals surface area (Å²) in [5, 5.41) is 7.04. The quantitative estimate of drug-likeness (QED) is 0.754. The van der Waals surface area contributed by atoms with E-state index in [0.717, 1.165) is 17.8 Å². The summed E-state index contributed by atoms with van der Waals surface area (Å²) in [6, 6.07) is 3.75. The summed E-state index contributed by atoms with van der Waals surface area (Å²) in [6.07, 6.45) is 5.85. The van der Waals surface area contributed by atoms with Crippen molar-refractivity contribution in [3.63, 3.8) is 0 Å². The van der Waals surface area contributed by atoms with E-state index in [1.165, 1.54) is 0 Å². The summed E-state index contributed by atoms with van der Waals surface area (Å²) in [7, 11) is 0. The number of hydrogen-bond acceptors (Lipinski definition) is 3. The van der Waals surface area contributed by atoms with Crippen LogP contribution in [0.4, 0.5) is 0 Å². The normalized spacial score (nSPS) is 14.4. The summed E-state index contributed by atoms with van der Waals surface area (Å²) < 4.78 is 1.80. The average molecular weight is 214 g/mol. The molecule has 3 rings (SSSR count). The highest BCUT2D eigenvalue weighted by atomic mass is 16.1. The number of carbonyl (C=O) groups excluding carboxylic acids is 1. The van der Waals surface area contributed by atoms with Gasteiger partial charge in [-0.2, -0.15) is 5.10 Å². The summed E-state index contributed by atoms with van der Waals surface area (Å²) in [4.78, 5) is 15.5. The fourth-order valence-electron chi connectivity index (χ4n) is 1.90. The van der Waals surface area contributed by atoms with Gasteiger partial charge in [0.15, 0.2) is 0 Å². The fourth-order valence-corrected chi connectivity index (χ4v) is 1.90. The Bertz CT molecular complexity index is 532. The van der Waals surface area contributed by atoms with Gasteiger partial charge in [0.2, 0.25) is 0 Å². The second-order valence-electron chi connectivity index (χ2n) is 3.63. The monoisotopic (exact) mass is 214 g/mol. The first-order valence-electron chi connectivity index (χ1n) is 5.12. The minimum absolute atomic E-state index is 0.0402. The number of rotatable bonds is 1. The lowest BCUT2D eigenvalue weighted by Crippen LogP contribution is -2.32. The van der Waals surface area contributed by atoms with Crippen LogP contribution in [-0.2, 0) is 6.42 Å². The van der Waals surface area contributed by atoms with Gasteiger partial charge in [-0.1, -0.05) is 0 Å². The lowest BCUT2D eigenvalue weighted by atomic mass is 10.1. The highest BCUT2D eigenvalue weighted by Gasteiger charge is 2.21. The zero-order chi connectivity index (χ0) is 11.0. The van der Waals surface area contributed by atoms with Crippen molar-refractivity contribution < 1.29 is 4.79 Å². The van der Waals surface area contributed by atoms with E-state index >= 15 is 0 Å². The Morgan fingerprint density at radius 1 is 1.31 bits per heavy atom. The average Bonchev–Trinajstić information content (AvgIpc) is 2.75. The zero-order valence-electron chi connectivity index (χ0n) is 8.55. The summed E-state index contributed by atoms with van der Waals surface area (Å²) >= 11 is 0. The van der Waals surface area contributed by atoms with Crippen LogP contribution in [0.5, 0.6) is 0 Å². The lowest BCUT2D eigenvalue weighted by Gasteiger charge is -2.14. The van der Waals surface area contributed by atoms with Crippen molar-refractivity contribution in [3.8, 4) is 5.69 Å². The van der Waals surface area contributed by atoms with Crippen molar-refractivity contribution in [1.29, 1.82) is 0 Å². The van der Waals surface area contributed by atoms with E-state index in [4.69, 9.17) is 0 Å². The van der Waals surface area contributed by atoms with Crippen molar-refractivity contribution in [2.24, 2.45) is 0 Å². The van der Waals surface area contributed by atoms with Crippen molar-refractivity contribution in [1.82, 2.24) is 20.1 Å². The minimum Gasteiger partial charge on any atom is -0.352 e. The van der Waals surface area contributed by atoms with Crippen molar-refractivity contribution >= 4 is 5.91 Å². The molecule has 0 spiro atoms. The van der Waals surface area contributed by atoms with Crippen molar-refractivity contribution in [3.05, 3.63) is 42.0 Å². The first-order chi connectivity index (χ1) is 7.86. The number of pyridine rings is 1. The molecule has 80 valence electrons. The molecule has 5 nitrogen and oxygen atoms in total. The highest BCUT2D eigenvalue weighted by molar-refractivity contribution is 5.96. The largest absolute Gasteiger partial charge is 0.352 e.